The highest BCUT2D eigenvalue weighted by Crippen LogP contribution is 2.50. The van der Waals surface area contributed by atoms with E-state index >= 15 is 0 Å². The number of unbranched alkanes of at least 4 members (excludes halogenated alkanes) is 9. The van der Waals surface area contributed by atoms with E-state index in [0.29, 0.717) is 27.3 Å². The number of thiophene rings is 2. The number of hydrogen-bond donors (Lipinski definition) is 0. The molecule has 0 amide bonds. The van der Waals surface area contributed by atoms with E-state index in [2.05, 4.69) is 17.1 Å². The fourth-order valence-electron chi connectivity index (χ4n) is 4.65. The Morgan fingerprint density at radius 3 is 1.54 bits per heavy atom. The molecule has 196 valence electrons. The normalized spacial score (nSPS) is 11.4. The van der Waals surface area contributed by atoms with Gasteiger partial charge in [-0.3, -0.25) is 20.2 Å². The fraction of sp³-hybridized carbons (Fsp3) is 0.462. The first-order chi connectivity index (χ1) is 18.0. The first kappa shape index (κ1) is 26.9. The van der Waals surface area contributed by atoms with Crippen LogP contribution >= 0.6 is 22.7 Å². The Labute approximate surface area is 223 Å². The number of fused-ring (bicyclic) bond motifs is 1. The number of aryl methyl sites for hydroxylation is 1. The molecule has 3 heterocycles. The SMILES string of the molecule is CCCCCCCCCCCCn1nc2c(-c3cccs3)c([N+](=O)[O-])c([N+](=O)[O-])c(-c3cccs3)c2n1. The van der Waals surface area contributed by atoms with Crippen LogP contribution in [0.25, 0.3) is 31.9 Å². The van der Waals surface area contributed by atoms with E-state index < -0.39 is 21.2 Å². The molecule has 4 aromatic rings. The molecule has 0 radical (unpaired) electrons. The molecule has 0 aliphatic rings. The van der Waals surface area contributed by atoms with Crippen molar-refractivity contribution in [1.29, 1.82) is 0 Å². The zero-order valence-corrected chi connectivity index (χ0v) is 22.6. The standard InChI is InChI=1S/C26H31N5O4S2/c1-2-3-4-5-6-7-8-9-10-11-16-29-27-23-21(19-14-12-17-36-19)25(30(32)33)26(31(34)35)22(24(23)28-29)20-15-13-18-37-20/h12-15,17-18H,2-11,16H2,1H3. The third-order valence-electron chi connectivity index (χ3n) is 6.44. The topological polar surface area (TPSA) is 117 Å². The minimum atomic E-state index is -0.662. The molecule has 0 fully saturated rings. The predicted octanol–water partition coefficient (Wildman–Crippen LogP) is 8.63. The van der Waals surface area contributed by atoms with Crippen molar-refractivity contribution in [2.24, 2.45) is 0 Å². The summed E-state index contributed by atoms with van der Waals surface area (Å²) < 4.78 is 0. The molecule has 9 nitrogen and oxygen atoms in total. The number of nitro groups is 2. The van der Waals surface area contributed by atoms with Gasteiger partial charge in [-0.15, -0.1) is 22.7 Å². The lowest BCUT2D eigenvalue weighted by atomic mass is 10.0. The quantitative estimate of drug-likeness (QED) is 0.0844. The molecular weight excluding hydrogens is 510 g/mol. The molecule has 0 unspecified atom stereocenters. The van der Waals surface area contributed by atoms with E-state index in [1.54, 1.807) is 39.8 Å². The highest BCUT2D eigenvalue weighted by molar-refractivity contribution is 7.14. The summed E-state index contributed by atoms with van der Waals surface area (Å²) in [5, 5.41) is 37.4. The average molecular weight is 542 g/mol. The van der Waals surface area contributed by atoms with Gasteiger partial charge in [-0.25, -0.2) is 0 Å². The third-order valence-corrected chi connectivity index (χ3v) is 8.21. The number of hydrogen-bond acceptors (Lipinski definition) is 8. The van der Waals surface area contributed by atoms with Crippen LogP contribution in [0.4, 0.5) is 11.4 Å². The maximum atomic E-state index is 12.2. The summed E-state index contributed by atoms with van der Waals surface area (Å²) >= 11 is 2.58. The number of nitrogens with zero attached hydrogens (tertiary/aromatic N) is 5. The molecule has 0 aliphatic heterocycles. The molecular formula is C26H31N5O4S2. The second-order valence-electron chi connectivity index (χ2n) is 9.09. The van der Waals surface area contributed by atoms with Gasteiger partial charge < -0.3 is 0 Å². The lowest BCUT2D eigenvalue weighted by Crippen LogP contribution is -2.02. The van der Waals surface area contributed by atoms with Crippen LogP contribution in [0.15, 0.2) is 35.0 Å². The molecule has 1 aromatic carbocycles. The molecule has 0 spiro atoms. The van der Waals surface area contributed by atoms with Crippen molar-refractivity contribution in [1.82, 2.24) is 15.0 Å². The number of aromatic nitrogens is 3. The number of nitro benzene ring substituents is 2. The predicted molar refractivity (Wildman–Crippen MR) is 149 cm³/mol. The Balaban J connectivity index is 1.62. The Morgan fingerprint density at radius 1 is 0.730 bits per heavy atom. The van der Waals surface area contributed by atoms with Gasteiger partial charge in [-0.2, -0.15) is 15.0 Å². The van der Waals surface area contributed by atoms with E-state index in [1.807, 2.05) is 0 Å². The molecule has 3 aromatic heterocycles. The summed E-state index contributed by atoms with van der Waals surface area (Å²) in [5.74, 6) is 0. The van der Waals surface area contributed by atoms with Crippen molar-refractivity contribution in [3.05, 3.63) is 55.3 Å². The molecule has 0 saturated carbocycles. The van der Waals surface area contributed by atoms with Crippen LogP contribution in [0, 0.1) is 20.2 Å². The summed E-state index contributed by atoms with van der Waals surface area (Å²) in [6.07, 6.45) is 12.1. The van der Waals surface area contributed by atoms with Gasteiger partial charge in [0.15, 0.2) is 0 Å². The van der Waals surface area contributed by atoms with Crippen LogP contribution in [0.3, 0.4) is 0 Å². The van der Waals surface area contributed by atoms with Crippen LogP contribution in [0.5, 0.6) is 0 Å². The fourth-order valence-corrected chi connectivity index (χ4v) is 6.19. The molecule has 0 bridgehead atoms. The van der Waals surface area contributed by atoms with Crippen LogP contribution in [-0.4, -0.2) is 24.8 Å². The Bertz CT molecular complexity index is 1240. The highest BCUT2D eigenvalue weighted by Gasteiger charge is 2.39. The third kappa shape index (κ3) is 6.22. The summed E-state index contributed by atoms with van der Waals surface area (Å²) in [6.45, 7) is 2.78. The van der Waals surface area contributed by atoms with Crippen LogP contribution in [0.2, 0.25) is 0 Å². The summed E-state index contributed by atoms with van der Waals surface area (Å²) in [7, 11) is 0. The Kier molecular flexibility index (Phi) is 9.34. The van der Waals surface area contributed by atoms with E-state index in [0.717, 1.165) is 19.3 Å². The zero-order chi connectivity index (χ0) is 26.2. The van der Waals surface area contributed by atoms with Gasteiger partial charge in [0.1, 0.15) is 22.2 Å². The van der Waals surface area contributed by atoms with E-state index in [9.17, 15) is 20.2 Å². The first-order valence-electron chi connectivity index (χ1n) is 12.8. The van der Waals surface area contributed by atoms with Crippen molar-refractivity contribution in [2.45, 2.75) is 77.7 Å². The van der Waals surface area contributed by atoms with Gasteiger partial charge >= 0.3 is 11.4 Å². The van der Waals surface area contributed by atoms with Crippen molar-refractivity contribution in [3.63, 3.8) is 0 Å². The van der Waals surface area contributed by atoms with Gasteiger partial charge in [-0.1, -0.05) is 76.8 Å². The van der Waals surface area contributed by atoms with Gasteiger partial charge in [0.25, 0.3) is 0 Å². The molecule has 0 atom stereocenters. The molecule has 0 aliphatic carbocycles. The van der Waals surface area contributed by atoms with Crippen LogP contribution < -0.4 is 0 Å². The Hall–Kier alpha value is -3.18. The van der Waals surface area contributed by atoms with Crippen molar-refractivity contribution >= 4 is 45.1 Å². The second kappa shape index (κ2) is 12.9. The van der Waals surface area contributed by atoms with E-state index in [4.69, 9.17) is 0 Å². The van der Waals surface area contributed by atoms with E-state index in [-0.39, 0.29) is 11.1 Å². The monoisotopic (exact) mass is 541 g/mol. The lowest BCUT2D eigenvalue weighted by molar-refractivity contribution is -0.421. The molecule has 11 heteroatoms. The smallest absolute Gasteiger partial charge is 0.258 e. The zero-order valence-electron chi connectivity index (χ0n) is 20.9. The summed E-state index contributed by atoms with van der Waals surface area (Å²) in [4.78, 5) is 25.8. The molecule has 0 saturated heterocycles. The lowest BCUT2D eigenvalue weighted by Gasteiger charge is -2.07. The molecule has 0 N–H and O–H groups in total. The van der Waals surface area contributed by atoms with Crippen LogP contribution in [-0.2, 0) is 6.54 Å². The van der Waals surface area contributed by atoms with Gasteiger partial charge in [0.2, 0.25) is 0 Å². The number of rotatable bonds is 15. The van der Waals surface area contributed by atoms with Crippen molar-refractivity contribution < 1.29 is 9.85 Å². The van der Waals surface area contributed by atoms with Gasteiger partial charge in [0, 0.05) is 9.75 Å². The maximum absolute atomic E-state index is 12.2. The largest absolute Gasteiger partial charge is 0.357 e. The first-order valence-corrected chi connectivity index (χ1v) is 14.6. The molecule has 4 rings (SSSR count). The average Bonchev–Trinajstić information content (AvgIpc) is 3.65. The van der Waals surface area contributed by atoms with Gasteiger partial charge in [0.05, 0.1) is 16.4 Å². The minimum Gasteiger partial charge on any atom is -0.258 e. The second-order valence-corrected chi connectivity index (χ2v) is 11.0. The van der Waals surface area contributed by atoms with Crippen molar-refractivity contribution in [3.8, 4) is 20.9 Å². The highest BCUT2D eigenvalue weighted by atomic mass is 32.1. The maximum Gasteiger partial charge on any atom is 0.357 e. The minimum absolute atomic E-state index is 0.163. The van der Waals surface area contributed by atoms with E-state index in [1.165, 1.54) is 67.6 Å². The number of benzene rings is 1. The summed E-state index contributed by atoms with van der Waals surface area (Å²) in [6, 6.07) is 6.98. The summed E-state index contributed by atoms with van der Waals surface area (Å²) in [5.41, 5.74) is -0.0817. The van der Waals surface area contributed by atoms with Crippen molar-refractivity contribution in [2.75, 3.05) is 0 Å². The van der Waals surface area contributed by atoms with Crippen LogP contribution in [0.1, 0.15) is 71.1 Å². The Morgan fingerprint density at radius 2 is 1.16 bits per heavy atom. The van der Waals surface area contributed by atoms with Gasteiger partial charge in [-0.05, 0) is 29.3 Å². The molecule has 37 heavy (non-hydrogen) atoms.